The van der Waals surface area contributed by atoms with E-state index < -0.39 is 17.7 Å². The first kappa shape index (κ1) is 22.1. The Labute approximate surface area is 180 Å². The molecule has 3 aromatic rings. The number of carbonyl (C=O) groups excluding carboxylic acids is 2. The van der Waals surface area contributed by atoms with E-state index in [-0.39, 0.29) is 19.6 Å². The highest BCUT2D eigenvalue weighted by atomic mass is 16.5. The molecule has 0 spiro atoms. The minimum atomic E-state index is -0.539. The van der Waals surface area contributed by atoms with Crippen LogP contribution in [0.25, 0.3) is 11.0 Å². The van der Waals surface area contributed by atoms with Gasteiger partial charge in [0.15, 0.2) is 0 Å². The first-order valence-electron chi connectivity index (χ1n) is 10.0. The number of fused-ring (bicyclic) bond motifs is 1. The van der Waals surface area contributed by atoms with Crippen molar-refractivity contribution in [2.75, 3.05) is 6.54 Å². The first-order chi connectivity index (χ1) is 14.8. The summed E-state index contributed by atoms with van der Waals surface area (Å²) in [6, 6.07) is 12.9. The number of amides is 1. The number of esters is 1. The van der Waals surface area contributed by atoms with E-state index in [1.54, 1.807) is 26.0 Å². The van der Waals surface area contributed by atoms with Crippen molar-refractivity contribution in [2.24, 2.45) is 0 Å². The lowest BCUT2D eigenvalue weighted by Crippen LogP contribution is -2.26. The van der Waals surface area contributed by atoms with E-state index in [1.807, 2.05) is 37.3 Å². The highest BCUT2D eigenvalue weighted by molar-refractivity contribution is 5.90. The third kappa shape index (κ3) is 5.72. The van der Waals surface area contributed by atoms with Crippen LogP contribution in [0.2, 0.25) is 0 Å². The zero-order chi connectivity index (χ0) is 22.4. The molecule has 0 aliphatic rings. The number of alkyl carbamates (subject to hydrolysis) is 1. The Morgan fingerprint density at radius 3 is 2.52 bits per heavy atom. The summed E-state index contributed by atoms with van der Waals surface area (Å²) in [6.45, 7) is 5.77. The molecule has 1 heterocycles. The van der Waals surface area contributed by atoms with Crippen molar-refractivity contribution in [1.29, 1.82) is 0 Å². The maximum Gasteiger partial charge on any atom is 0.407 e. The van der Waals surface area contributed by atoms with Gasteiger partial charge in [0.05, 0.1) is 5.39 Å². The summed E-state index contributed by atoms with van der Waals surface area (Å²) in [5.41, 5.74) is 2.89. The van der Waals surface area contributed by atoms with Gasteiger partial charge in [-0.3, -0.25) is 4.79 Å². The monoisotopic (exact) mass is 423 g/mol. The van der Waals surface area contributed by atoms with Crippen LogP contribution in [-0.4, -0.2) is 18.6 Å². The van der Waals surface area contributed by atoms with Crippen LogP contribution in [0.15, 0.2) is 51.7 Å². The summed E-state index contributed by atoms with van der Waals surface area (Å²) in [6.07, 6.45) is -0.0256. The smallest absolute Gasteiger partial charge is 0.407 e. The Kier molecular flexibility index (Phi) is 7.07. The lowest BCUT2D eigenvalue weighted by Gasteiger charge is -2.12. The Bertz CT molecular complexity index is 1150. The first-order valence-corrected chi connectivity index (χ1v) is 10.0. The Balaban J connectivity index is 1.52. The summed E-state index contributed by atoms with van der Waals surface area (Å²) < 4.78 is 16.0. The minimum Gasteiger partial charge on any atom is -0.445 e. The summed E-state index contributed by atoms with van der Waals surface area (Å²) in [4.78, 5) is 36.0. The predicted molar refractivity (Wildman–Crippen MR) is 116 cm³/mol. The lowest BCUT2D eigenvalue weighted by atomic mass is 10.0. The molecule has 0 bridgehead atoms. The Hall–Kier alpha value is -3.61. The number of rotatable bonds is 7. The number of hydrogen-bond acceptors (Lipinski definition) is 6. The molecule has 1 N–H and O–H groups in total. The van der Waals surface area contributed by atoms with Crippen molar-refractivity contribution in [3.63, 3.8) is 0 Å². The highest BCUT2D eigenvalue weighted by Crippen LogP contribution is 2.31. The van der Waals surface area contributed by atoms with Gasteiger partial charge in [0.1, 0.15) is 17.9 Å². The molecule has 0 saturated carbocycles. The number of carbonyl (C=O) groups is 2. The predicted octanol–water partition coefficient (Wildman–Crippen LogP) is 4.33. The molecular weight excluding hydrogens is 398 g/mol. The summed E-state index contributed by atoms with van der Waals surface area (Å²) in [7, 11) is 0. The van der Waals surface area contributed by atoms with Crippen molar-refractivity contribution in [3.05, 3.63) is 75.1 Å². The fraction of sp³-hybridized carbons (Fsp3) is 0.292. The molecule has 0 atom stereocenters. The molecule has 3 rings (SSSR count). The van der Waals surface area contributed by atoms with Crippen LogP contribution in [0.3, 0.4) is 0 Å². The molecular formula is C24H25NO6. The Morgan fingerprint density at radius 2 is 1.77 bits per heavy atom. The van der Waals surface area contributed by atoms with Gasteiger partial charge >= 0.3 is 17.7 Å². The molecule has 0 radical (unpaired) electrons. The van der Waals surface area contributed by atoms with Crippen LogP contribution in [-0.2, 0) is 16.1 Å². The standard InChI is InChI=1S/C24H25NO6/c1-15-12-19(22-16(2)17(3)23(27)31-20(22)13-15)30-21(26)10-7-11-25-24(28)29-14-18-8-5-4-6-9-18/h4-6,8-9,12-13H,7,10-11,14H2,1-3H3,(H,25,28). The third-order valence-electron chi connectivity index (χ3n) is 4.92. The van der Waals surface area contributed by atoms with Crippen LogP contribution >= 0.6 is 0 Å². The number of benzene rings is 2. The van der Waals surface area contributed by atoms with Crippen molar-refractivity contribution in [1.82, 2.24) is 5.32 Å². The normalized spacial score (nSPS) is 10.7. The summed E-state index contributed by atoms with van der Waals surface area (Å²) in [5.74, 6) is -0.0748. The molecule has 2 aromatic carbocycles. The Morgan fingerprint density at radius 1 is 1.03 bits per heavy atom. The van der Waals surface area contributed by atoms with Gasteiger partial charge < -0.3 is 19.2 Å². The zero-order valence-electron chi connectivity index (χ0n) is 17.8. The number of hydrogen-bond donors (Lipinski definition) is 1. The zero-order valence-corrected chi connectivity index (χ0v) is 17.8. The van der Waals surface area contributed by atoms with E-state index in [1.165, 1.54) is 0 Å². The van der Waals surface area contributed by atoms with Gasteiger partial charge in [-0.25, -0.2) is 9.59 Å². The van der Waals surface area contributed by atoms with E-state index in [4.69, 9.17) is 13.9 Å². The SMILES string of the molecule is Cc1cc(OC(=O)CCCNC(=O)OCc2ccccc2)c2c(C)c(C)c(=O)oc2c1. The number of aryl methyl sites for hydroxylation is 2. The molecule has 162 valence electrons. The maximum absolute atomic E-state index is 12.3. The van der Waals surface area contributed by atoms with Crippen LogP contribution in [0.4, 0.5) is 4.79 Å². The second kappa shape index (κ2) is 9.93. The van der Waals surface area contributed by atoms with Crippen LogP contribution in [0, 0.1) is 20.8 Å². The summed E-state index contributed by atoms with van der Waals surface area (Å²) >= 11 is 0. The van der Waals surface area contributed by atoms with Gasteiger partial charge in [-0.05, 0) is 56.0 Å². The quantitative estimate of drug-likeness (QED) is 0.263. The molecule has 0 unspecified atom stereocenters. The van der Waals surface area contributed by atoms with E-state index in [2.05, 4.69) is 5.32 Å². The molecule has 31 heavy (non-hydrogen) atoms. The second-order valence-electron chi connectivity index (χ2n) is 7.34. The second-order valence-corrected chi connectivity index (χ2v) is 7.34. The topological polar surface area (TPSA) is 94.8 Å². The number of ether oxygens (including phenoxy) is 2. The lowest BCUT2D eigenvalue weighted by molar-refractivity contribution is -0.134. The van der Waals surface area contributed by atoms with Gasteiger partial charge in [0, 0.05) is 18.5 Å². The van der Waals surface area contributed by atoms with Gasteiger partial charge in [0.25, 0.3) is 0 Å². The highest BCUT2D eigenvalue weighted by Gasteiger charge is 2.16. The third-order valence-corrected chi connectivity index (χ3v) is 4.92. The largest absolute Gasteiger partial charge is 0.445 e. The van der Waals surface area contributed by atoms with E-state index in [0.29, 0.717) is 28.7 Å². The molecule has 1 aromatic heterocycles. The van der Waals surface area contributed by atoms with Gasteiger partial charge in [-0.15, -0.1) is 0 Å². The van der Waals surface area contributed by atoms with E-state index in [0.717, 1.165) is 16.7 Å². The van der Waals surface area contributed by atoms with Crippen molar-refractivity contribution < 1.29 is 23.5 Å². The fourth-order valence-electron chi connectivity index (χ4n) is 3.14. The average molecular weight is 423 g/mol. The fourth-order valence-corrected chi connectivity index (χ4v) is 3.14. The average Bonchev–Trinajstić information content (AvgIpc) is 2.74. The van der Waals surface area contributed by atoms with Crippen LogP contribution < -0.4 is 15.7 Å². The minimum absolute atomic E-state index is 0.114. The molecule has 0 fully saturated rings. The van der Waals surface area contributed by atoms with Crippen molar-refractivity contribution in [3.8, 4) is 5.75 Å². The molecule has 0 saturated heterocycles. The van der Waals surface area contributed by atoms with Gasteiger partial charge in [-0.1, -0.05) is 30.3 Å². The van der Waals surface area contributed by atoms with E-state index >= 15 is 0 Å². The molecule has 7 nitrogen and oxygen atoms in total. The molecule has 0 aliphatic carbocycles. The number of nitrogens with one attached hydrogen (secondary N) is 1. The van der Waals surface area contributed by atoms with Crippen molar-refractivity contribution >= 4 is 23.0 Å². The molecule has 0 aliphatic heterocycles. The van der Waals surface area contributed by atoms with Crippen LogP contribution in [0.5, 0.6) is 5.75 Å². The maximum atomic E-state index is 12.3. The van der Waals surface area contributed by atoms with Crippen molar-refractivity contribution in [2.45, 2.75) is 40.2 Å². The van der Waals surface area contributed by atoms with Gasteiger partial charge in [0.2, 0.25) is 0 Å². The summed E-state index contributed by atoms with van der Waals surface area (Å²) in [5, 5.41) is 3.22. The molecule has 1 amide bonds. The molecule has 7 heteroatoms. The van der Waals surface area contributed by atoms with Gasteiger partial charge in [-0.2, -0.15) is 0 Å². The van der Waals surface area contributed by atoms with Crippen LogP contribution in [0.1, 0.15) is 35.1 Å². The van der Waals surface area contributed by atoms with E-state index in [9.17, 15) is 14.4 Å².